The third kappa shape index (κ3) is 18.2. The monoisotopic (exact) mass is 490 g/mol. The van der Waals surface area contributed by atoms with Crippen LogP contribution < -0.4 is 4.57 Å². The molecule has 0 spiro atoms. The van der Waals surface area contributed by atoms with Gasteiger partial charge in [-0.25, -0.2) is 9.13 Å². The van der Waals surface area contributed by atoms with E-state index in [1.54, 1.807) is 5.82 Å². The van der Waals surface area contributed by atoms with Gasteiger partial charge in [0.15, 0.2) is 0 Å². The molecule has 0 aliphatic heterocycles. The minimum Gasteiger partial charge on any atom is -0.234 e. The van der Waals surface area contributed by atoms with Gasteiger partial charge in [0.05, 0.1) is 13.1 Å². The van der Waals surface area contributed by atoms with Crippen LogP contribution in [0, 0.1) is 0 Å². The highest BCUT2D eigenvalue weighted by Crippen LogP contribution is 2.14. The normalized spacial score (nSPS) is 11.5. The molecule has 0 atom stereocenters. The molecule has 2 nitrogen and oxygen atoms in total. The number of unbranched alkanes of at least 4 members (excludes halogenated alkanes) is 21. The van der Waals surface area contributed by atoms with Gasteiger partial charge in [0.1, 0.15) is 12.4 Å². The minimum absolute atomic E-state index is 1.22. The van der Waals surface area contributed by atoms with Crippen molar-refractivity contribution in [2.75, 3.05) is 0 Å². The van der Waals surface area contributed by atoms with E-state index in [-0.39, 0.29) is 0 Å². The van der Waals surface area contributed by atoms with Gasteiger partial charge in [-0.3, -0.25) is 0 Å². The van der Waals surface area contributed by atoms with Gasteiger partial charge in [0.2, 0.25) is 0 Å². The van der Waals surface area contributed by atoms with E-state index in [0.29, 0.717) is 0 Å². The van der Waals surface area contributed by atoms with Crippen molar-refractivity contribution in [2.45, 2.75) is 194 Å². The molecule has 0 unspecified atom stereocenters. The lowest BCUT2D eigenvalue weighted by molar-refractivity contribution is -0.704. The predicted molar refractivity (Wildman–Crippen MR) is 156 cm³/mol. The lowest BCUT2D eigenvalue weighted by Crippen LogP contribution is -2.37. The van der Waals surface area contributed by atoms with Crippen molar-refractivity contribution in [3.8, 4) is 0 Å². The SMILES string of the molecule is CCCCCCCCCCCCCCCCCC[n+]1ccn(CCCCCCCC)c1CCCC. The van der Waals surface area contributed by atoms with Crippen LogP contribution in [0.15, 0.2) is 12.4 Å². The van der Waals surface area contributed by atoms with Gasteiger partial charge in [-0.2, -0.15) is 0 Å². The molecule has 1 heterocycles. The van der Waals surface area contributed by atoms with E-state index in [0.717, 1.165) is 0 Å². The van der Waals surface area contributed by atoms with Gasteiger partial charge < -0.3 is 0 Å². The molecule has 0 radical (unpaired) electrons. The Morgan fingerprint density at radius 3 is 1.34 bits per heavy atom. The molecule has 1 rings (SSSR count). The van der Waals surface area contributed by atoms with Gasteiger partial charge in [0, 0.05) is 6.42 Å². The van der Waals surface area contributed by atoms with E-state index in [9.17, 15) is 0 Å². The summed E-state index contributed by atoms with van der Waals surface area (Å²) in [4.78, 5) is 0. The Balaban J connectivity index is 2.06. The van der Waals surface area contributed by atoms with Crippen LogP contribution in [-0.2, 0) is 19.5 Å². The van der Waals surface area contributed by atoms with Crippen molar-refractivity contribution in [1.82, 2.24) is 4.57 Å². The van der Waals surface area contributed by atoms with E-state index in [4.69, 9.17) is 0 Å². The zero-order valence-electron chi connectivity index (χ0n) is 24.6. The summed E-state index contributed by atoms with van der Waals surface area (Å²) in [6, 6.07) is 0. The number of hydrogen-bond acceptors (Lipinski definition) is 0. The fraction of sp³-hybridized carbons (Fsp3) is 0.909. The molecule has 0 saturated heterocycles. The summed E-state index contributed by atoms with van der Waals surface area (Å²) in [7, 11) is 0. The molecule has 0 saturated carbocycles. The Hall–Kier alpha value is -0.790. The maximum atomic E-state index is 2.58. The van der Waals surface area contributed by atoms with Crippen LogP contribution in [0.2, 0.25) is 0 Å². The van der Waals surface area contributed by atoms with Crippen molar-refractivity contribution in [1.29, 1.82) is 0 Å². The Morgan fingerprint density at radius 2 is 0.886 bits per heavy atom. The first-order valence-electron chi connectivity index (χ1n) is 16.4. The number of rotatable bonds is 27. The van der Waals surface area contributed by atoms with Crippen molar-refractivity contribution in [3.63, 3.8) is 0 Å². The summed E-state index contributed by atoms with van der Waals surface area (Å²) in [5.74, 6) is 1.58. The molecular formula is C33H65N2+. The highest BCUT2D eigenvalue weighted by atomic mass is 15.1. The fourth-order valence-electron chi connectivity index (χ4n) is 5.42. The molecule has 0 N–H and O–H groups in total. The summed E-state index contributed by atoms with van der Waals surface area (Å²) in [6.45, 7) is 9.37. The van der Waals surface area contributed by atoms with Gasteiger partial charge in [-0.15, -0.1) is 0 Å². The van der Waals surface area contributed by atoms with Crippen LogP contribution >= 0.6 is 0 Å². The second-order valence-electron chi connectivity index (χ2n) is 11.3. The first-order chi connectivity index (χ1) is 17.3. The number of aryl methyl sites for hydroxylation is 2. The number of hydrogen-bond donors (Lipinski definition) is 0. The second-order valence-corrected chi connectivity index (χ2v) is 11.3. The van der Waals surface area contributed by atoms with E-state index in [1.807, 2.05) is 0 Å². The first-order valence-corrected chi connectivity index (χ1v) is 16.4. The Kier molecular flexibility index (Phi) is 22.9. The maximum absolute atomic E-state index is 2.58. The molecule has 0 aliphatic carbocycles. The molecule has 0 aromatic carbocycles. The smallest absolute Gasteiger partial charge is 0.234 e. The van der Waals surface area contributed by atoms with Gasteiger partial charge in [-0.1, -0.05) is 143 Å². The summed E-state index contributed by atoms with van der Waals surface area (Å²) in [5.41, 5.74) is 0. The average molecular weight is 490 g/mol. The molecule has 1 aromatic heterocycles. The van der Waals surface area contributed by atoms with Crippen molar-refractivity contribution >= 4 is 0 Å². The van der Waals surface area contributed by atoms with Crippen LogP contribution in [-0.4, -0.2) is 4.57 Å². The molecular weight excluding hydrogens is 424 g/mol. The minimum atomic E-state index is 1.22. The number of aromatic nitrogens is 2. The van der Waals surface area contributed by atoms with Gasteiger partial charge in [-0.05, 0) is 32.1 Å². The summed E-state index contributed by atoms with van der Waals surface area (Å²) >= 11 is 0. The number of nitrogens with zero attached hydrogens (tertiary/aromatic N) is 2. The van der Waals surface area contributed by atoms with E-state index in [2.05, 4.69) is 42.3 Å². The first kappa shape index (κ1) is 32.2. The lowest BCUT2D eigenvalue weighted by Gasteiger charge is -2.06. The Morgan fingerprint density at radius 1 is 0.486 bits per heavy atom. The summed E-state index contributed by atoms with van der Waals surface area (Å²) in [6.07, 6.45) is 40.1. The zero-order valence-corrected chi connectivity index (χ0v) is 24.6. The van der Waals surface area contributed by atoms with Gasteiger partial charge in [0.25, 0.3) is 5.82 Å². The molecule has 2 heteroatoms. The third-order valence-electron chi connectivity index (χ3n) is 7.85. The van der Waals surface area contributed by atoms with E-state index in [1.165, 1.54) is 174 Å². The summed E-state index contributed by atoms with van der Waals surface area (Å²) in [5, 5.41) is 0. The number of imidazole rings is 1. The highest BCUT2D eigenvalue weighted by Gasteiger charge is 2.16. The van der Waals surface area contributed by atoms with Crippen LogP contribution in [0.3, 0.4) is 0 Å². The Labute approximate surface area is 221 Å². The van der Waals surface area contributed by atoms with Crippen LogP contribution in [0.5, 0.6) is 0 Å². The molecule has 0 amide bonds. The van der Waals surface area contributed by atoms with Gasteiger partial charge >= 0.3 is 0 Å². The predicted octanol–water partition coefficient (Wildman–Crippen LogP) is 10.7. The van der Waals surface area contributed by atoms with Crippen molar-refractivity contribution < 1.29 is 4.57 Å². The largest absolute Gasteiger partial charge is 0.256 e. The lowest BCUT2D eigenvalue weighted by atomic mass is 10.0. The van der Waals surface area contributed by atoms with Crippen molar-refractivity contribution in [2.24, 2.45) is 0 Å². The van der Waals surface area contributed by atoms with E-state index < -0.39 is 0 Å². The van der Waals surface area contributed by atoms with Crippen LogP contribution in [0.25, 0.3) is 0 Å². The van der Waals surface area contributed by atoms with E-state index >= 15 is 0 Å². The quantitative estimate of drug-likeness (QED) is 0.0858. The Bertz CT molecular complexity index is 547. The fourth-order valence-corrected chi connectivity index (χ4v) is 5.42. The molecule has 0 bridgehead atoms. The average Bonchev–Trinajstić information content (AvgIpc) is 3.25. The molecule has 0 fully saturated rings. The summed E-state index contributed by atoms with van der Waals surface area (Å²) < 4.78 is 5.15. The molecule has 206 valence electrons. The molecule has 0 aliphatic rings. The molecule has 35 heavy (non-hydrogen) atoms. The third-order valence-corrected chi connectivity index (χ3v) is 7.85. The van der Waals surface area contributed by atoms with Crippen LogP contribution in [0.1, 0.15) is 181 Å². The highest BCUT2D eigenvalue weighted by molar-refractivity contribution is 4.84. The maximum Gasteiger partial charge on any atom is 0.256 e. The second kappa shape index (κ2) is 24.9. The zero-order chi connectivity index (χ0) is 25.2. The topological polar surface area (TPSA) is 8.81 Å². The standard InChI is InChI=1S/C33H65N2/c1-4-7-10-12-14-15-16-17-18-19-20-21-22-23-25-27-30-35-32-31-34(33(35)28-9-6-3)29-26-24-13-11-8-5-2/h31-32H,4-30H2,1-3H3/q+1. The molecule has 1 aromatic rings. The van der Waals surface area contributed by atoms with Crippen molar-refractivity contribution in [3.05, 3.63) is 18.2 Å². The van der Waals surface area contributed by atoms with Crippen LogP contribution in [0.4, 0.5) is 0 Å².